The number of halogens is 1. The van der Waals surface area contributed by atoms with Crippen molar-refractivity contribution >= 4 is 44.9 Å². The second-order valence-corrected chi connectivity index (χ2v) is 6.70. The van der Waals surface area contributed by atoms with Crippen molar-refractivity contribution in [2.75, 3.05) is 5.32 Å². The summed E-state index contributed by atoms with van der Waals surface area (Å²) in [4.78, 5) is 21.2. The van der Waals surface area contributed by atoms with Crippen LogP contribution in [0.25, 0.3) is 22.4 Å². The van der Waals surface area contributed by atoms with Crippen molar-refractivity contribution in [2.45, 2.75) is 6.92 Å². The van der Waals surface area contributed by atoms with Crippen LogP contribution in [0.3, 0.4) is 0 Å². The van der Waals surface area contributed by atoms with Crippen LogP contribution in [0.2, 0.25) is 5.02 Å². The smallest absolute Gasteiger partial charge is 0.293 e. The van der Waals surface area contributed by atoms with E-state index in [1.165, 1.54) is 11.3 Å². The molecule has 0 radical (unpaired) electrons. The maximum atomic E-state index is 12.5. The predicted octanol–water partition coefficient (Wildman–Crippen LogP) is 5.17. The molecule has 0 aliphatic carbocycles. The number of nitrogens with one attached hydrogen (secondary N) is 1. The van der Waals surface area contributed by atoms with Crippen molar-refractivity contribution in [2.24, 2.45) is 0 Å². The lowest BCUT2D eigenvalue weighted by molar-refractivity contribution is 0.0998. The van der Waals surface area contributed by atoms with Gasteiger partial charge < -0.3 is 4.42 Å². The van der Waals surface area contributed by atoms with Gasteiger partial charge in [-0.25, -0.2) is 4.98 Å². The number of thiazole rings is 1. The van der Waals surface area contributed by atoms with E-state index in [9.17, 15) is 4.79 Å². The molecule has 124 valence electrons. The zero-order valence-electron chi connectivity index (χ0n) is 13.1. The van der Waals surface area contributed by atoms with Gasteiger partial charge in [-0.05, 0) is 37.3 Å². The number of pyridine rings is 1. The fraction of sp³-hybridized carbons (Fsp3) is 0.0556. The molecule has 0 atom stereocenters. The van der Waals surface area contributed by atoms with Gasteiger partial charge in [0.25, 0.3) is 5.91 Å². The summed E-state index contributed by atoms with van der Waals surface area (Å²) < 4.78 is 5.67. The van der Waals surface area contributed by atoms with Gasteiger partial charge in [0.1, 0.15) is 11.3 Å². The topological polar surface area (TPSA) is 68.0 Å². The molecular formula is C18H12ClN3O2S. The highest BCUT2D eigenvalue weighted by atomic mass is 35.5. The Labute approximate surface area is 152 Å². The van der Waals surface area contributed by atoms with Crippen molar-refractivity contribution in [1.82, 2.24) is 9.97 Å². The van der Waals surface area contributed by atoms with Crippen LogP contribution in [0.1, 0.15) is 16.1 Å². The van der Waals surface area contributed by atoms with E-state index in [0.717, 1.165) is 16.6 Å². The molecule has 0 spiro atoms. The summed E-state index contributed by atoms with van der Waals surface area (Å²) in [5, 5.41) is 6.54. The highest BCUT2D eigenvalue weighted by Crippen LogP contribution is 2.29. The number of amides is 1. The van der Waals surface area contributed by atoms with E-state index in [0.29, 0.717) is 21.4 Å². The Kier molecular flexibility index (Phi) is 3.99. The zero-order valence-corrected chi connectivity index (χ0v) is 14.7. The lowest BCUT2D eigenvalue weighted by Crippen LogP contribution is -2.11. The number of aryl methyl sites for hydroxylation is 1. The molecule has 1 aromatic carbocycles. The Bertz CT molecular complexity index is 1070. The monoisotopic (exact) mass is 369 g/mol. The minimum Gasteiger partial charge on any atom is -0.451 e. The predicted molar refractivity (Wildman–Crippen MR) is 99.3 cm³/mol. The third kappa shape index (κ3) is 3.01. The highest BCUT2D eigenvalue weighted by molar-refractivity contribution is 7.14. The van der Waals surface area contributed by atoms with Gasteiger partial charge in [-0.3, -0.25) is 15.1 Å². The normalized spacial score (nSPS) is 11.0. The van der Waals surface area contributed by atoms with Gasteiger partial charge in [0.2, 0.25) is 0 Å². The number of rotatable bonds is 3. The summed E-state index contributed by atoms with van der Waals surface area (Å²) in [6.45, 7) is 1.83. The van der Waals surface area contributed by atoms with Crippen LogP contribution in [0.15, 0.2) is 52.4 Å². The van der Waals surface area contributed by atoms with Crippen molar-refractivity contribution in [3.63, 3.8) is 0 Å². The molecule has 0 bridgehead atoms. The van der Waals surface area contributed by atoms with Crippen LogP contribution in [-0.2, 0) is 0 Å². The molecule has 4 aromatic rings. The fourth-order valence-corrected chi connectivity index (χ4v) is 3.40. The molecule has 25 heavy (non-hydrogen) atoms. The average Bonchev–Trinajstić information content (AvgIpc) is 3.21. The fourth-order valence-electron chi connectivity index (χ4n) is 2.53. The Balaban J connectivity index is 1.61. The maximum Gasteiger partial charge on any atom is 0.293 e. The van der Waals surface area contributed by atoms with Crippen molar-refractivity contribution in [3.8, 4) is 11.4 Å². The largest absolute Gasteiger partial charge is 0.451 e. The SMILES string of the molecule is Cc1c(C(=O)Nc2nc(-c3ccccn3)cs2)oc2ccc(Cl)cc12. The summed E-state index contributed by atoms with van der Waals surface area (Å²) in [6.07, 6.45) is 1.70. The van der Waals surface area contributed by atoms with Crippen LogP contribution in [0.4, 0.5) is 5.13 Å². The summed E-state index contributed by atoms with van der Waals surface area (Å²) in [5.41, 5.74) is 2.85. The highest BCUT2D eigenvalue weighted by Gasteiger charge is 2.19. The first kappa shape index (κ1) is 15.8. The number of carbonyl (C=O) groups excluding carboxylic acids is 1. The third-order valence-corrected chi connectivity index (χ3v) is 4.75. The van der Waals surface area contributed by atoms with Crippen LogP contribution >= 0.6 is 22.9 Å². The summed E-state index contributed by atoms with van der Waals surface area (Å²) in [7, 11) is 0. The average molecular weight is 370 g/mol. The molecular weight excluding hydrogens is 358 g/mol. The number of carbonyl (C=O) groups is 1. The van der Waals surface area contributed by atoms with Crippen LogP contribution in [0.5, 0.6) is 0 Å². The molecule has 5 nitrogen and oxygen atoms in total. The molecule has 0 aliphatic heterocycles. The number of nitrogens with zero attached hydrogens (tertiary/aromatic N) is 2. The maximum absolute atomic E-state index is 12.5. The van der Waals surface area contributed by atoms with Crippen LogP contribution < -0.4 is 5.32 Å². The van der Waals surface area contributed by atoms with Gasteiger partial charge >= 0.3 is 0 Å². The molecule has 3 heterocycles. The Morgan fingerprint density at radius 1 is 1.24 bits per heavy atom. The Hall–Kier alpha value is -2.70. The molecule has 0 saturated carbocycles. The van der Waals surface area contributed by atoms with E-state index in [-0.39, 0.29) is 11.7 Å². The van der Waals surface area contributed by atoms with Crippen LogP contribution in [0, 0.1) is 6.92 Å². The van der Waals surface area contributed by atoms with Gasteiger partial charge in [0, 0.05) is 27.5 Å². The van der Waals surface area contributed by atoms with Crippen molar-refractivity contribution in [3.05, 3.63) is 64.3 Å². The Morgan fingerprint density at radius 3 is 2.92 bits per heavy atom. The number of benzene rings is 1. The number of hydrogen-bond donors (Lipinski definition) is 1. The minimum absolute atomic E-state index is 0.256. The third-order valence-electron chi connectivity index (χ3n) is 3.76. The van der Waals surface area contributed by atoms with Crippen molar-refractivity contribution in [1.29, 1.82) is 0 Å². The Morgan fingerprint density at radius 2 is 2.12 bits per heavy atom. The summed E-state index contributed by atoms with van der Waals surface area (Å²) >= 11 is 7.35. The van der Waals surface area contributed by atoms with E-state index < -0.39 is 0 Å². The van der Waals surface area contributed by atoms with Crippen molar-refractivity contribution < 1.29 is 9.21 Å². The molecule has 0 unspecified atom stereocenters. The van der Waals surface area contributed by atoms with E-state index >= 15 is 0 Å². The quantitative estimate of drug-likeness (QED) is 0.541. The first-order chi connectivity index (χ1) is 12.1. The van der Waals surface area contributed by atoms with E-state index in [1.807, 2.05) is 30.5 Å². The second-order valence-electron chi connectivity index (χ2n) is 5.40. The van der Waals surface area contributed by atoms with Gasteiger partial charge in [0.15, 0.2) is 10.9 Å². The summed E-state index contributed by atoms with van der Waals surface area (Å²) in [5.74, 6) is -0.0846. The molecule has 3 aromatic heterocycles. The summed E-state index contributed by atoms with van der Waals surface area (Å²) in [6, 6.07) is 10.9. The molecule has 1 amide bonds. The van der Waals surface area contributed by atoms with E-state index in [2.05, 4.69) is 15.3 Å². The standard InChI is InChI=1S/C18H12ClN3O2S/c1-10-12-8-11(19)5-6-15(12)24-16(10)17(23)22-18-21-14(9-25-18)13-4-2-3-7-20-13/h2-9H,1H3,(H,21,22,23). The lowest BCUT2D eigenvalue weighted by Gasteiger charge is -1.99. The number of furan rings is 1. The molecule has 7 heteroatoms. The molecule has 4 rings (SSSR count). The van der Waals surface area contributed by atoms with Gasteiger partial charge in [0.05, 0.1) is 5.69 Å². The van der Waals surface area contributed by atoms with Gasteiger partial charge in [-0.1, -0.05) is 17.7 Å². The molecule has 0 aliphatic rings. The molecule has 1 N–H and O–H groups in total. The van der Waals surface area contributed by atoms with Crippen LogP contribution in [-0.4, -0.2) is 15.9 Å². The number of fused-ring (bicyclic) bond motifs is 1. The first-order valence-corrected chi connectivity index (χ1v) is 8.74. The van der Waals surface area contributed by atoms with E-state index in [4.69, 9.17) is 16.0 Å². The lowest BCUT2D eigenvalue weighted by atomic mass is 10.1. The second kappa shape index (κ2) is 6.31. The number of aromatic nitrogens is 2. The number of hydrogen-bond acceptors (Lipinski definition) is 5. The minimum atomic E-state index is -0.341. The first-order valence-electron chi connectivity index (χ1n) is 7.49. The number of anilines is 1. The van der Waals surface area contributed by atoms with E-state index in [1.54, 1.807) is 24.4 Å². The molecule has 0 fully saturated rings. The van der Waals surface area contributed by atoms with Gasteiger partial charge in [-0.15, -0.1) is 11.3 Å². The molecule has 0 saturated heterocycles. The van der Waals surface area contributed by atoms with Gasteiger partial charge in [-0.2, -0.15) is 0 Å². The zero-order chi connectivity index (χ0) is 17.4.